The SMILES string of the molecule is CC(C)=CCCC(C)=CCCC(C)=CC(O)C/C=C(\C)CC/C=C(\C)CC/C=C(\C)CCC=C(C)C. The van der Waals surface area contributed by atoms with E-state index in [0.717, 1.165) is 57.8 Å². The normalized spacial score (nSPS) is 14.7. The van der Waals surface area contributed by atoms with Gasteiger partial charge in [-0.15, -0.1) is 0 Å². The number of allylic oxidation sites excluding steroid dienone is 12. The second-order valence-corrected chi connectivity index (χ2v) is 11.3. The lowest BCUT2D eigenvalue weighted by atomic mass is 10.0. The van der Waals surface area contributed by atoms with Gasteiger partial charge in [-0.1, -0.05) is 81.5 Å². The summed E-state index contributed by atoms with van der Waals surface area (Å²) in [5, 5.41) is 10.4. The van der Waals surface area contributed by atoms with Crippen LogP contribution in [0.5, 0.6) is 0 Å². The largest absolute Gasteiger partial charge is 0.389 e. The minimum absolute atomic E-state index is 0.383. The summed E-state index contributed by atoms with van der Waals surface area (Å²) in [6, 6.07) is 0. The molecule has 0 aliphatic heterocycles. The number of hydrogen-bond donors (Lipinski definition) is 1. The monoisotopic (exact) mass is 494 g/mol. The van der Waals surface area contributed by atoms with Gasteiger partial charge in [0.1, 0.15) is 0 Å². The molecule has 0 amide bonds. The summed E-state index contributed by atoms with van der Waals surface area (Å²) >= 11 is 0. The summed E-state index contributed by atoms with van der Waals surface area (Å²) in [7, 11) is 0. The molecule has 0 aromatic heterocycles. The molecule has 0 aliphatic carbocycles. The summed E-state index contributed by atoms with van der Waals surface area (Å²) in [6.45, 7) is 19.7. The van der Waals surface area contributed by atoms with Crippen molar-refractivity contribution in [2.45, 2.75) is 139 Å². The molecular formula is C35H58O. The fourth-order valence-electron chi connectivity index (χ4n) is 4.03. The van der Waals surface area contributed by atoms with Crippen LogP contribution in [0.25, 0.3) is 0 Å². The number of hydrogen-bond acceptors (Lipinski definition) is 1. The van der Waals surface area contributed by atoms with E-state index in [1.807, 2.05) is 6.08 Å². The highest BCUT2D eigenvalue weighted by molar-refractivity contribution is 5.10. The van der Waals surface area contributed by atoms with Crippen molar-refractivity contribution in [3.05, 3.63) is 81.5 Å². The molecule has 0 saturated heterocycles. The summed E-state index contributed by atoms with van der Waals surface area (Å²) in [5.41, 5.74) is 9.90. The Morgan fingerprint density at radius 2 is 0.750 bits per heavy atom. The molecule has 1 nitrogen and oxygen atoms in total. The molecule has 0 fully saturated rings. The van der Waals surface area contributed by atoms with Crippen LogP contribution >= 0.6 is 0 Å². The predicted octanol–water partition coefficient (Wildman–Crippen LogP) is 11.3. The lowest BCUT2D eigenvalue weighted by Crippen LogP contribution is -2.01. The van der Waals surface area contributed by atoms with Crippen molar-refractivity contribution < 1.29 is 5.11 Å². The molecule has 0 saturated carbocycles. The van der Waals surface area contributed by atoms with Crippen LogP contribution in [0.2, 0.25) is 0 Å². The van der Waals surface area contributed by atoms with Gasteiger partial charge in [0.25, 0.3) is 0 Å². The maximum absolute atomic E-state index is 10.4. The van der Waals surface area contributed by atoms with Crippen molar-refractivity contribution >= 4 is 0 Å². The zero-order chi connectivity index (χ0) is 27.3. The first kappa shape index (κ1) is 34.1. The molecule has 0 rings (SSSR count). The van der Waals surface area contributed by atoms with Crippen LogP contribution in [0, 0.1) is 0 Å². The molecule has 1 N–H and O–H groups in total. The van der Waals surface area contributed by atoms with Gasteiger partial charge in [-0.2, -0.15) is 0 Å². The Balaban J connectivity index is 4.28. The molecule has 0 aliphatic rings. The molecule has 0 heterocycles. The zero-order valence-electron chi connectivity index (χ0n) is 25.3. The molecule has 36 heavy (non-hydrogen) atoms. The molecule has 1 unspecified atom stereocenters. The first-order valence-corrected chi connectivity index (χ1v) is 14.2. The van der Waals surface area contributed by atoms with Gasteiger partial charge in [0.05, 0.1) is 6.10 Å². The summed E-state index contributed by atoms with van der Waals surface area (Å²) in [6.07, 6.45) is 27.5. The van der Waals surface area contributed by atoms with Gasteiger partial charge in [0.15, 0.2) is 0 Å². The number of rotatable bonds is 18. The molecule has 0 bridgehead atoms. The Hall–Kier alpha value is -1.86. The van der Waals surface area contributed by atoms with Gasteiger partial charge in [-0.3, -0.25) is 0 Å². The van der Waals surface area contributed by atoms with Crippen molar-refractivity contribution in [2.75, 3.05) is 0 Å². The van der Waals surface area contributed by atoms with Crippen molar-refractivity contribution in [2.24, 2.45) is 0 Å². The van der Waals surface area contributed by atoms with Crippen LogP contribution < -0.4 is 0 Å². The predicted molar refractivity (Wildman–Crippen MR) is 164 cm³/mol. The fourth-order valence-corrected chi connectivity index (χ4v) is 4.03. The Kier molecular flexibility index (Phi) is 20.1. The van der Waals surface area contributed by atoms with Crippen molar-refractivity contribution in [3.63, 3.8) is 0 Å². The molecule has 1 heteroatoms. The van der Waals surface area contributed by atoms with Gasteiger partial charge in [-0.05, 0) is 133 Å². The minimum atomic E-state index is -0.383. The molecule has 0 aromatic carbocycles. The van der Waals surface area contributed by atoms with Gasteiger partial charge in [0, 0.05) is 0 Å². The van der Waals surface area contributed by atoms with Crippen LogP contribution in [0.1, 0.15) is 133 Å². The smallest absolute Gasteiger partial charge is 0.0757 e. The van der Waals surface area contributed by atoms with Crippen LogP contribution in [-0.2, 0) is 0 Å². The van der Waals surface area contributed by atoms with E-state index in [1.165, 1.54) is 45.4 Å². The quantitative estimate of drug-likeness (QED) is 0.188. The van der Waals surface area contributed by atoms with Gasteiger partial charge >= 0.3 is 0 Å². The maximum atomic E-state index is 10.4. The van der Waals surface area contributed by atoms with Crippen LogP contribution in [0.4, 0.5) is 0 Å². The van der Waals surface area contributed by atoms with Crippen LogP contribution in [0.3, 0.4) is 0 Å². The molecule has 0 aromatic rings. The third-order valence-corrected chi connectivity index (χ3v) is 6.46. The lowest BCUT2D eigenvalue weighted by molar-refractivity contribution is 0.225. The van der Waals surface area contributed by atoms with Gasteiger partial charge in [-0.25, -0.2) is 0 Å². The molecule has 204 valence electrons. The Morgan fingerprint density at radius 3 is 1.11 bits per heavy atom. The van der Waals surface area contributed by atoms with Crippen LogP contribution in [0.15, 0.2) is 81.5 Å². The highest BCUT2D eigenvalue weighted by Crippen LogP contribution is 2.15. The van der Waals surface area contributed by atoms with E-state index in [9.17, 15) is 5.11 Å². The molecular weight excluding hydrogens is 436 g/mol. The number of aliphatic hydroxyl groups excluding tert-OH is 1. The zero-order valence-corrected chi connectivity index (χ0v) is 25.3. The summed E-state index contributed by atoms with van der Waals surface area (Å²) in [4.78, 5) is 0. The fraction of sp³-hybridized carbons (Fsp3) is 0.600. The Morgan fingerprint density at radius 1 is 0.444 bits per heavy atom. The van der Waals surface area contributed by atoms with Crippen molar-refractivity contribution in [1.29, 1.82) is 0 Å². The van der Waals surface area contributed by atoms with E-state index in [2.05, 4.69) is 98.8 Å². The summed E-state index contributed by atoms with van der Waals surface area (Å²) < 4.78 is 0. The topological polar surface area (TPSA) is 20.2 Å². The third kappa shape index (κ3) is 22.6. The Labute approximate surface area is 225 Å². The molecule has 0 radical (unpaired) electrons. The lowest BCUT2D eigenvalue weighted by Gasteiger charge is -2.07. The van der Waals surface area contributed by atoms with E-state index in [0.29, 0.717) is 6.42 Å². The standard InChI is InChI=1S/C35H58O/c1-28(2)15-10-17-30(5)19-12-20-32(7)21-13-23-33(8)25-26-35(36)27-34(9)24-14-22-31(6)18-11-16-29(3)4/h15-16,19,21-22,25,27,35-36H,10-14,17-18,20,23-24,26H2,1-9H3/b30-19+,31-22?,32-21+,33-25+,34-27?. The van der Waals surface area contributed by atoms with Crippen LogP contribution in [-0.4, -0.2) is 11.2 Å². The highest BCUT2D eigenvalue weighted by Gasteiger charge is 2.00. The van der Waals surface area contributed by atoms with Crippen molar-refractivity contribution in [3.8, 4) is 0 Å². The molecule has 0 spiro atoms. The van der Waals surface area contributed by atoms with E-state index < -0.39 is 0 Å². The maximum Gasteiger partial charge on any atom is 0.0757 e. The third-order valence-electron chi connectivity index (χ3n) is 6.46. The highest BCUT2D eigenvalue weighted by atomic mass is 16.3. The second kappa shape index (κ2) is 21.2. The van der Waals surface area contributed by atoms with E-state index in [1.54, 1.807) is 0 Å². The molecule has 1 atom stereocenters. The van der Waals surface area contributed by atoms with E-state index >= 15 is 0 Å². The first-order valence-electron chi connectivity index (χ1n) is 14.2. The average molecular weight is 495 g/mol. The van der Waals surface area contributed by atoms with Gasteiger partial charge < -0.3 is 5.11 Å². The Bertz CT molecular complexity index is 815. The van der Waals surface area contributed by atoms with Gasteiger partial charge in [0.2, 0.25) is 0 Å². The second-order valence-electron chi connectivity index (χ2n) is 11.3. The average Bonchev–Trinajstić information content (AvgIpc) is 2.77. The van der Waals surface area contributed by atoms with E-state index in [-0.39, 0.29) is 6.10 Å². The summed E-state index contributed by atoms with van der Waals surface area (Å²) in [5.74, 6) is 0. The van der Waals surface area contributed by atoms with Crippen molar-refractivity contribution in [1.82, 2.24) is 0 Å². The minimum Gasteiger partial charge on any atom is -0.389 e. The van der Waals surface area contributed by atoms with E-state index in [4.69, 9.17) is 0 Å². The number of aliphatic hydroxyl groups is 1. The first-order chi connectivity index (χ1) is 17.0.